The minimum atomic E-state index is 0.602. The lowest BCUT2D eigenvalue weighted by Gasteiger charge is -2.14. The largest absolute Gasteiger partial charge is 0.493 e. The number of aliphatic imine (C=N–C) groups is 1. The van der Waals surface area contributed by atoms with Crippen LogP contribution in [0.15, 0.2) is 28.6 Å². The topological polar surface area (TPSA) is 67.8 Å². The van der Waals surface area contributed by atoms with E-state index in [1.165, 1.54) is 5.01 Å². The molecule has 0 bridgehead atoms. The fourth-order valence-corrected chi connectivity index (χ4v) is 3.12. The number of nitrogens with one attached hydrogen (secondary N) is 2. The van der Waals surface area contributed by atoms with Crippen LogP contribution in [0, 0.1) is 6.92 Å². The number of nitrogens with zero attached hydrogens (tertiary/aromatic N) is 2. The van der Waals surface area contributed by atoms with Gasteiger partial charge in [0.15, 0.2) is 17.5 Å². The Morgan fingerprint density at radius 3 is 2.80 bits per heavy atom. The van der Waals surface area contributed by atoms with E-state index in [0.717, 1.165) is 42.5 Å². The number of hydrogen-bond donors (Lipinski definition) is 2. The van der Waals surface area contributed by atoms with Gasteiger partial charge in [-0.2, -0.15) is 0 Å². The second-order valence-electron chi connectivity index (χ2n) is 5.41. The Kier molecular flexibility index (Phi) is 7.53. The molecule has 7 heteroatoms. The van der Waals surface area contributed by atoms with Crippen LogP contribution >= 0.6 is 11.3 Å². The van der Waals surface area contributed by atoms with Crippen LogP contribution in [0.25, 0.3) is 0 Å². The first-order chi connectivity index (χ1) is 12.2. The summed E-state index contributed by atoms with van der Waals surface area (Å²) >= 11 is 1.72. The maximum absolute atomic E-state index is 5.53. The molecule has 0 spiro atoms. The number of aromatic nitrogens is 1. The highest BCUT2D eigenvalue weighted by Crippen LogP contribution is 2.30. The zero-order valence-corrected chi connectivity index (χ0v) is 16.1. The zero-order valence-electron chi connectivity index (χ0n) is 15.3. The average molecular weight is 362 g/mol. The Balaban J connectivity index is 1.84. The summed E-state index contributed by atoms with van der Waals surface area (Å²) in [7, 11) is 3.39. The third kappa shape index (κ3) is 5.94. The van der Waals surface area contributed by atoms with Gasteiger partial charge in [0.05, 0.1) is 18.7 Å². The van der Waals surface area contributed by atoms with Crippen molar-refractivity contribution in [3.8, 4) is 11.5 Å². The van der Waals surface area contributed by atoms with Crippen molar-refractivity contribution in [2.75, 3.05) is 32.6 Å². The maximum atomic E-state index is 5.53. The first-order valence-electron chi connectivity index (χ1n) is 8.35. The second-order valence-corrected chi connectivity index (χ2v) is 6.35. The lowest BCUT2D eigenvalue weighted by Crippen LogP contribution is -2.31. The van der Waals surface area contributed by atoms with Crippen molar-refractivity contribution in [2.24, 2.45) is 4.99 Å². The minimum absolute atomic E-state index is 0.602. The highest BCUT2D eigenvalue weighted by Gasteiger charge is 2.07. The van der Waals surface area contributed by atoms with Gasteiger partial charge in [-0.05, 0) is 32.4 Å². The number of anilines is 1. The Morgan fingerprint density at radius 1 is 1.32 bits per heavy atom. The molecule has 2 rings (SSSR count). The number of benzene rings is 1. The molecule has 0 aliphatic heterocycles. The number of rotatable bonds is 8. The van der Waals surface area contributed by atoms with Gasteiger partial charge in [0.2, 0.25) is 0 Å². The van der Waals surface area contributed by atoms with Crippen LogP contribution in [-0.4, -0.2) is 38.3 Å². The van der Waals surface area contributed by atoms with Gasteiger partial charge in [-0.1, -0.05) is 0 Å². The quantitative estimate of drug-likeness (QED) is 0.427. The van der Waals surface area contributed by atoms with Crippen molar-refractivity contribution in [1.82, 2.24) is 10.3 Å². The molecule has 0 radical (unpaired) electrons. The molecule has 1 aromatic heterocycles. The molecule has 136 valence electrons. The Hall–Kier alpha value is -2.28. The van der Waals surface area contributed by atoms with E-state index >= 15 is 0 Å². The summed E-state index contributed by atoms with van der Waals surface area (Å²) in [5.41, 5.74) is 1.99. The van der Waals surface area contributed by atoms with Crippen LogP contribution in [0.5, 0.6) is 11.5 Å². The number of methoxy groups -OCH3 is 1. The average Bonchev–Trinajstić information content (AvgIpc) is 3.04. The van der Waals surface area contributed by atoms with Gasteiger partial charge in [0, 0.05) is 42.8 Å². The molecule has 0 unspecified atom stereocenters. The fraction of sp³-hybridized carbons (Fsp3) is 0.444. The van der Waals surface area contributed by atoms with Crippen LogP contribution in [-0.2, 0) is 6.42 Å². The van der Waals surface area contributed by atoms with Crippen molar-refractivity contribution in [2.45, 2.75) is 26.7 Å². The standard InChI is InChI=1S/C18H26N4O2S/c1-5-24-15-9-8-14(11-16(15)23-4)22-18(19-3)20-10-6-7-17-21-13(2)12-25-17/h8-9,11-12H,5-7,10H2,1-4H3,(H2,19,20,22). The summed E-state index contributed by atoms with van der Waals surface area (Å²) in [5.74, 6) is 2.15. The predicted octanol–water partition coefficient (Wildman–Crippen LogP) is 3.48. The third-order valence-corrected chi connectivity index (χ3v) is 4.50. The van der Waals surface area contributed by atoms with Crippen molar-refractivity contribution in [3.63, 3.8) is 0 Å². The van der Waals surface area contributed by atoms with E-state index in [1.54, 1.807) is 25.5 Å². The molecule has 0 aliphatic rings. The van der Waals surface area contributed by atoms with Crippen molar-refractivity contribution in [1.29, 1.82) is 0 Å². The number of ether oxygens (including phenoxy) is 2. The summed E-state index contributed by atoms with van der Waals surface area (Å²) in [4.78, 5) is 8.73. The van der Waals surface area contributed by atoms with Crippen molar-refractivity contribution < 1.29 is 9.47 Å². The Morgan fingerprint density at radius 2 is 2.16 bits per heavy atom. The summed E-state index contributed by atoms with van der Waals surface area (Å²) in [6.07, 6.45) is 1.97. The van der Waals surface area contributed by atoms with Crippen LogP contribution in [0.3, 0.4) is 0 Å². The van der Waals surface area contributed by atoms with E-state index < -0.39 is 0 Å². The van der Waals surface area contributed by atoms with Gasteiger partial charge in [-0.15, -0.1) is 11.3 Å². The fourth-order valence-electron chi connectivity index (χ4n) is 2.30. The SMILES string of the molecule is CCOc1ccc(NC(=NC)NCCCc2nc(C)cs2)cc1OC. The second kappa shape index (κ2) is 9.88. The number of guanidine groups is 1. The lowest BCUT2D eigenvalue weighted by atomic mass is 10.2. The monoisotopic (exact) mass is 362 g/mol. The Labute approximate surface area is 153 Å². The molecule has 6 nitrogen and oxygen atoms in total. The van der Waals surface area contributed by atoms with E-state index in [2.05, 4.69) is 26.0 Å². The van der Waals surface area contributed by atoms with Crippen molar-refractivity contribution >= 4 is 23.0 Å². The minimum Gasteiger partial charge on any atom is -0.493 e. The molecular weight excluding hydrogens is 336 g/mol. The third-order valence-electron chi connectivity index (χ3n) is 3.48. The van der Waals surface area contributed by atoms with Gasteiger partial charge in [0.25, 0.3) is 0 Å². The summed E-state index contributed by atoms with van der Waals surface area (Å²) in [6.45, 7) is 5.40. The molecule has 25 heavy (non-hydrogen) atoms. The molecule has 2 N–H and O–H groups in total. The molecule has 2 aromatic rings. The molecule has 0 fully saturated rings. The molecule has 1 aromatic carbocycles. The highest BCUT2D eigenvalue weighted by molar-refractivity contribution is 7.09. The van der Waals surface area contributed by atoms with Gasteiger partial charge < -0.3 is 20.1 Å². The smallest absolute Gasteiger partial charge is 0.195 e. The molecule has 1 heterocycles. The predicted molar refractivity (Wildman–Crippen MR) is 104 cm³/mol. The van der Waals surface area contributed by atoms with E-state index in [9.17, 15) is 0 Å². The summed E-state index contributed by atoms with van der Waals surface area (Å²) < 4.78 is 10.9. The van der Waals surface area contributed by atoms with Crippen LogP contribution < -0.4 is 20.1 Å². The van der Waals surface area contributed by atoms with E-state index in [4.69, 9.17) is 9.47 Å². The van der Waals surface area contributed by atoms with E-state index in [0.29, 0.717) is 12.4 Å². The summed E-state index contributed by atoms with van der Waals surface area (Å²) in [6, 6.07) is 5.73. The number of thiazole rings is 1. The van der Waals surface area contributed by atoms with Gasteiger partial charge in [-0.25, -0.2) is 4.98 Å². The molecule has 0 saturated heterocycles. The maximum Gasteiger partial charge on any atom is 0.195 e. The number of hydrogen-bond acceptors (Lipinski definition) is 5. The Bertz CT molecular complexity index is 700. The van der Waals surface area contributed by atoms with Crippen LogP contribution in [0.2, 0.25) is 0 Å². The van der Waals surface area contributed by atoms with E-state index in [-0.39, 0.29) is 0 Å². The molecule has 0 atom stereocenters. The molecular formula is C18H26N4O2S. The first-order valence-corrected chi connectivity index (χ1v) is 9.23. The zero-order chi connectivity index (χ0) is 18.1. The van der Waals surface area contributed by atoms with Crippen molar-refractivity contribution in [3.05, 3.63) is 34.3 Å². The molecule has 0 aliphatic carbocycles. The van der Waals surface area contributed by atoms with Crippen LogP contribution in [0.1, 0.15) is 24.0 Å². The normalized spacial score (nSPS) is 11.3. The van der Waals surface area contributed by atoms with Gasteiger partial charge in [-0.3, -0.25) is 4.99 Å². The van der Waals surface area contributed by atoms with Gasteiger partial charge in [0.1, 0.15) is 0 Å². The molecule has 0 amide bonds. The summed E-state index contributed by atoms with van der Waals surface area (Å²) in [5, 5.41) is 9.85. The van der Waals surface area contributed by atoms with Gasteiger partial charge >= 0.3 is 0 Å². The van der Waals surface area contributed by atoms with E-state index in [1.807, 2.05) is 32.0 Å². The lowest BCUT2D eigenvalue weighted by molar-refractivity contribution is 0.311. The highest BCUT2D eigenvalue weighted by atomic mass is 32.1. The molecule has 0 saturated carbocycles. The van der Waals surface area contributed by atoms with Crippen LogP contribution in [0.4, 0.5) is 5.69 Å². The first kappa shape index (κ1) is 19.1. The number of aryl methyl sites for hydroxylation is 2.